The van der Waals surface area contributed by atoms with Crippen LogP contribution >= 0.6 is 11.3 Å². The molecule has 3 rings (SSSR count). The van der Waals surface area contributed by atoms with Gasteiger partial charge in [0.25, 0.3) is 0 Å². The number of carboxylic acid groups (broad SMARTS) is 1. The molecule has 2 bridgehead atoms. The van der Waals surface area contributed by atoms with Gasteiger partial charge in [-0.05, 0) is 37.0 Å². The van der Waals surface area contributed by atoms with E-state index in [1.807, 2.05) is 7.05 Å². The lowest BCUT2D eigenvalue weighted by atomic mass is 9.88. The molecule has 2 saturated carbocycles. The fraction of sp³-hybridized carbons (Fsp3) is 0.714. The number of hydrogen-bond acceptors (Lipinski definition) is 5. The first-order valence-corrected chi connectivity index (χ1v) is 8.07. The van der Waals surface area contributed by atoms with E-state index in [0.717, 1.165) is 29.4 Å². The number of hydrogen-bond donors (Lipinski definition) is 2. The molecule has 1 aromatic heterocycles. The van der Waals surface area contributed by atoms with Gasteiger partial charge in [-0.15, -0.1) is 11.3 Å². The first-order chi connectivity index (χ1) is 9.54. The molecule has 4 unspecified atom stereocenters. The molecule has 4 atom stereocenters. The van der Waals surface area contributed by atoms with Gasteiger partial charge in [-0.1, -0.05) is 6.42 Å². The number of carbonyl (C=O) groups is 1. The van der Waals surface area contributed by atoms with Gasteiger partial charge in [0, 0.05) is 19.0 Å². The standard InChI is InChI=1S/C14H21N3O2S/c1-17(6-10-5-8-2-3-9(10)4-8)14-16-11(7-20-14)12(15)13(18)19/h7-10,12H,2-6,15H2,1H3,(H,18,19). The van der Waals surface area contributed by atoms with Crippen molar-refractivity contribution in [1.82, 2.24) is 4.98 Å². The lowest BCUT2D eigenvalue weighted by Gasteiger charge is -2.26. The second-order valence-electron chi connectivity index (χ2n) is 6.19. The minimum Gasteiger partial charge on any atom is -0.480 e. The smallest absolute Gasteiger partial charge is 0.326 e. The summed E-state index contributed by atoms with van der Waals surface area (Å²) in [4.78, 5) is 17.4. The van der Waals surface area contributed by atoms with E-state index in [-0.39, 0.29) is 0 Å². The van der Waals surface area contributed by atoms with Crippen LogP contribution in [-0.2, 0) is 4.79 Å². The molecule has 110 valence electrons. The molecule has 5 nitrogen and oxygen atoms in total. The highest BCUT2D eigenvalue weighted by Crippen LogP contribution is 2.48. The third kappa shape index (κ3) is 2.54. The molecule has 3 N–H and O–H groups in total. The van der Waals surface area contributed by atoms with Crippen molar-refractivity contribution < 1.29 is 9.90 Å². The number of carboxylic acids is 1. The van der Waals surface area contributed by atoms with E-state index in [1.165, 1.54) is 37.0 Å². The lowest BCUT2D eigenvalue weighted by Crippen LogP contribution is -2.28. The Labute approximate surface area is 122 Å². The Kier molecular flexibility index (Phi) is 3.69. The summed E-state index contributed by atoms with van der Waals surface area (Å²) in [6, 6.07) is -1.02. The fourth-order valence-corrected chi connectivity index (χ4v) is 4.59. The highest BCUT2D eigenvalue weighted by Gasteiger charge is 2.39. The molecule has 1 heterocycles. The number of fused-ring (bicyclic) bond motifs is 2. The van der Waals surface area contributed by atoms with Crippen LogP contribution in [0.5, 0.6) is 0 Å². The van der Waals surface area contributed by atoms with Crippen LogP contribution in [-0.4, -0.2) is 29.7 Å². The first kappa shape index (κ1) is 13.8. The highest BCUT2D eigenvalue weighted by molar-refractivity contribution is 7.13. The SMILES string of the molecule is CN(CC1CC2CCC1C2)c1nc(C(N)C(=O)O)cs1. The van der Waals surface area contributed by atoms with Gasteiger partial charge < -0.3 is 15.7 Å². The summed E-state index contributed by atoms with van der Waals surface area (Å²) in [5.41, 5.74) is 6.05. The number of rotatable bonds is 5. The van der Waals surface area contributed by atoms with Gasteiger partial charge in [0.2, 0.25) is 0 Å². The summed E-state index contributed by atoms with van der Waals surface area (Å²) < 4.78 is 0. The molecular formula is C14H21N3O2S. The van der Waals surface area contributed by atoms with E-state index in [1.54, 1.807) is 5.38 Å². The molecule has 20 heavy (non-hydrogen) atoms. The zero-order chi connectivity index (χ0) is 14.3. The van der Waals surface area contributed by atoms with Gasteiger partial charge in [0.15, 0.2) is 5.13 Å². The Hall–Kier alpha value is -1.14. The zero-order valence-electron chi connectivity index (χ0n) is 11.7. The largest absolute Gasteiger partial charge is 0.480 e. The van der Waals surface area contributed by atoms with Crippen molar-refractivity contribution in [3.05, 3.63) is 11.1 Å². The van der Waals surface area contributed by atoms with E-state index in [9.17, 15) is 4.79 Å². The van der Waals surface area contributed by atoms with Crippen LogP contribution in [0.2, 0.25) is 0 Å². The van der Waals surface area contributed by atoms with E-state index in [2.05, 4.69) is 9.88 Å². The van der Waals surface area contributed by atoms with Crippen LogP contribution in [0.1, 0.15) is 37.4 Å². The van der Waals surface area contributed by atoms with Crippen molar-refractivity contribution in [3.8, 4) is 0 Å². The normalized spacial score (nSPS) is 29.6. The first-order valence-electron chi connectivity index (χ1n) is 7.19. The van der Waals surface area contributed by atoms with Gasteiger partial charge in [0.1, 0.15) is 6.04 Å². The molecule has 0 spiro atoms. The van der Waals surface area contributed by atoms with Gasteiger partial charge in [-0.25, -0.2) is 4.98 Å². The molecule has 0 radical (unpaired) electrons. The molecular weight excluding hydrogens is 274 g/mol. The number of nitrogens with two attached hydrogens (primary N) is 1. The average Bonchev–Trinajstić information content (AvgIpc) is 3.13. The maximum atomic E-state index is 10.9. The number of aromatic nitrogens is 1. The molecule has 2 aliphatic carbocycles. The number of nitrogens with zero attached hydrogens (tertiary/aromatic N) is 2. The van der Waals surface area contributed by atoms with Crippen LogP contribution in [0.15, 0.2) is 5.38 Å². The molecule has 0 saturated heterocycles. The third-order valence-corrected chi connectivity index (χ3v) is 5.79. The lowest BCUT2D eigenvalue weighted by molar-refractivity contribution is -0.138. The molecule has 0 aromatic carbocycles. The van der Waals surface area contributed by atoms with Crippen LogP contribution in [0.25, 0.3) is 0 Å². The second-order valence-corrected chi connectivity index (χ2v) is 7.02. The van der Waals surface area contributed by atoms with Crippen LogP contribution < -0.4 is 10.6 Å². The molecule has 1 aromatic rings. The van der Waals surface area contributed by atoms with Crippen molar-refractivity contribution in [3.63, 3.8) is 0 Å². The van der Waals surface area contributed by atoms with Gasteiger partial charge in [0.05, 0.1) is 5.69 Å². The number of thiazole rings is 1. The minimum atomic E-state index is -1.03. The van der Waals surface area contributed by atoms with E-state index in [4.69, 9.17) is 10.8 Å². The highest BCUT2D eigenvalue weighted by atomic mass is 32.1. The van der Waals surface area contributed by atoms with E-state index >= 15 is 0 Å². The Morgan fingerprint density at radius 2 is 2.40 bits per heavy atom. The fourth-order valence-electron chi connectivity index (χ4n) is 3.75. The molecule has 0 aliphatic heterocycles. The van der Waals surface area contributed by atoms with Crippen molar-refractivity contribution in [2.24, 2.45) is 23.5 Å². The summed E-state index contributed by atoms with van der Waals surface area (Å²) in [7, 11) is 2.04. The summed E-state index contributed by atoms with van der Waals surface area (Å²) in [5, 5.41) is 11.5. The molecule has 2 aliphatic rings. The van der Waals surface area contributed by atoms with Gasteiger partial charge in [-0.2, -0.15) is 0 Å². The number of anilines is 1. The quantitative estimate of drug-likeness (QED) is 0.869. The topological polar surface area (TPSA) is 79.5 Å². The maximum absolute atomic E-state index is 10.9. The Morgan fingerprint density at radius 3 is 3.00 bits per heavy atom. The van der Waals surface area contributed by atoms with Gasteiger partial charge in [-0.3, -0.25) is 4.79 Å². The minimum absolute atomic E-state index is 0.456. The van der Waals surface area contributed by atoms with E-state index in [0.29, 0.717) is 5.69 Å². The Balaban J connectivity index is 1.62. The third-order valence-electron chi connectivity index (χ3n) is 4.81. The average molecular weight is 295 g/mol. The van der Waals surface area contributed by atoms with Crippen molar-refractivity contribution >= 4 is 22.4 Å². The summed E-state index contributed by atoms with van der Waals surface area (Å²) in [5.74, 6) is 1.59. The second kappa shape index (κ2) is 5.33. The van der Waals surface area contributed by atoms with Crippen molar-refractivity contribution in [2.45, 2.75) is 31.7 Å². The van der Waals surface area contributed by atoms with Crippen molar-refractivity contribution in [1.29, 1.82) is 0 Å². The molecule has 6 heteroatoms. The summed E-state index contributed by atoms with van der Waals surface area (Å²) >= 11 is 1.48. The van der Waals surface area contributed by atoms with Crippen LogP contribution in [0, 0.1) is 17.8 Å². The molecule has 0 amide bonds. The van der Waals surface area contributed by atoms with Crippen LogP contribution in [0.4, 0.5) is 5.13 Å². The van der Waals surface area contributed by atoms with Crippen LogP contribution in [0.3, 0.4) is 0 Å². The van der Waals surface area contributed by atoms with Gasteiger partial charge >= 0.3 is 5.97 Å². The monoisotopic (exact) mass is 295 g/mol. The zero-order valence-corrected chi connectivity index (χ0v) is 12.5. The Bertz CT molecular complexity index is 504. The summed E-state index contributed by atoms with van der Waals surface area (Å²) in [6.45, 7) is 1.02. The predicted molar refractivity (Wildman–Crippen MR) is 78.9 cm³/mol. The van der Waals surface area contributed by atoms with Crippen molar-refractivity contribution in [2.75, 3.05) is 18.5 Å². The van der Waals surface area contributed by atoms with E-state index < -0.39 is 12.0 Å². The Morgan fingerprint density at radius 1 is 1.60 bits per heavy atom. The summed E-state index contributed by atoms with van der Waals surface area (Å²) in [6.07, 6.45) is 5.56. The molecule has 2 fully saturated rings. The maximum Gasteiger partial charge on any atom is 0.326 e. The predicted octanol–water partition coefficient (Wildman–Crippen LogP) is 2.10. The number of aliphatic carboxylic acids is 1.